The second-order valence-electron chi connectivity index (χ2n) is 7.03. The van der Waals surface area contributed by atoms with Crippen LogP contribution in [0.2, 0.25) is 0 Å². The first-order valence-corrected chi connectivity index (χ1v) is 7.88. The highest BCUT2D eigenvalue weighted by Gasteiger charge is 2.44. The molecule has 2 nitrogen and oxygen atoms in total. The maximum atomic E-state index is 6.67. The summed E-state index contributed by atoms with van der Waals surface area (Å²) in [6, 6.07) is 0.244. The fourth-order valence-electron chi connectivity index (χ4n) is 4.40. The predicted octanol–water partition coefficient (Wildman–Crippen LogP) is 3.74. The molecule has 2 saturated carbocycles. The molecule has 0 heterocycles. The summed E-state index contributed by atoms with van der Waals surface area (Å²) in [5, 5.41) is 0. The Morgan fingerprint density at radius 2 is 1.83 bits per heavy atom. The molecule has 5 atom stereocenters. The summed E-state index contributed by atoms with van der Waals surface area (Å²) in [6.07, 6.45) is 10.3. The van der Waals surface area contributed by atoms with Gasteiger partial charge in [0.25, 0.3) is 0 Å². The van der Waals surface area contributed by atoms with Gasteiger partial charge in [0.1, 0.15) is 0 Å². The predicted molar refractivity (Wildman–Crippen MR) is 76.5 cm³/mol. The van der Waals surface area contributed by atoms with Gasteiger partial charge in [-0.05, 0) is 43.4 Å². The number of ether oxygens (including phenoxy) is 1. The Hall–Kier alpha value is -0.0800. The Balaban J connectivity index is 2.06. The first-order chi connectivity index (χ1) is 8.57. The second-order valence-corrected chi connectivity index (χ2v) is 7.03. The van der Waals surface area contributed by atoms with Gasteiger partial charge in [0.15, 0.2) is 0 Å². The first kappa shape index (κ1) is 14.3. The molecule has 0 bridgehead atoms. The third-order valence-electron chi connectivity index (χ3n) is 5.49. The molecular weight excluding hydrogens is 222 g/mol. The molecule has 2 aliphatic carbocycles. The fourth-order valence-corrected chi connectivity index (χ4v) is 4.40. The van der Waals surface area contributed by atoms with Gasteiger partial charge < -0.3 is 10.5 Å². The zero-order valence-electron chi connectivity index (χ0n) is 12.5. The van der Waals surface area contributed by atoms with Crippen LogP contribution in [0.5, 0.6) is 0 Å². The standard InChI is InChI=1S/C16H31NO/c1-12-6-4-8-14(10-12)15(17)16(18-3)9-5-7-13(2)11-16/h12-15H,4-11,17H2,1-3H3. The van der Waals surface area contributed by atoms with E-state index >= 15 is 0 Å². The molecular formula is C16H31NO. The molecule has 0 aromatic heterocycles. The van der Waals surface area contributed by atoms with Crippen LogP contribution in [0.3, 0.4) is 0 Å². The highest BCUT2D eigenvalue weighted by molar-refractivity contribution is 4.99. The van der Waals surface area contributed by atoms with Gasteiger partial charge in [-0.1, -0.05) is 39.5 Å². The maximum Gasteiger partial charge on any atom is 0.0834 e. The topological polar surface area (TPSA) is 35.2 Å². The average Bonchev–Trinajstić information content (AvgIpc) is 2.37. The molecule has 2 rings (SSSR count). The van der Waals surface area contributed by atoms with Gasteiger partial charge >= 0.3 is 0 Å². The van der Waals surface area contributed by atoms with E-state index in [9.17, 15) is 0 Å². The molecule has 2 fully saturated rings. The third-order valence-corrected chi connectivity index (χ3v) is 5.49. The van der Waals surface area contributed by atoms with E-state index in [2.05, 4.69) is 13.8 Å². The van der Waals surface area contributed by atoms with Crippen molar-refractivity contribution in [1.82, 2.24) is 0 Å². The largest absolute Gasteiger partial charge is 0.377 e. The lowest BCUT2D eigenvalue weighted by molar-refractivity contribution is -0.0875. The van der Waals surface area contributed by atoms with Crippen molar-refractivity contribution >= 4 is 0 Å². The van der Waals surface area contributed by atoms with Crippen molar-refractivity contribution in [2.75, 3.05) is 7.11 Å². The van der Waals surface area contributed by atoms with Crippen LogP contribution < -0.4 is 5.73 Å². The van der Waals surface area contributed by atoms with E-state index in [0.717, 1.165) is 18.3 Å². The number of methoxy groups -OCH3 is 1. The molecule has 2 aliphatic rings. The minimum atomic E-state index is -0.0284. The molecule has 0 spiro atoms. The van der Waals surface area contributed by atoms with E-state index in [0.29, 0.717) is 5.92 Å². The van der Waals surface area contributed by atoms with E-state index in [1.807, 2.05) is 7.11 Å². The molecule has 0 amide bonds. The van der Waals surface area contributed by atoms with Crippen molar-refractivity contribution in [3.63, 3.8) is 0 Å². The van der Waals surface area contributed by atoms with Gasteiger partial charge in [-0.2, -0.15) is 0 Å². The highest BCUT2D eigenvalue weighted by atomic mass is 16.5. The Labute approximate surface area is 113 Å². The SMILES string of the molecule is COC1(C(N)C2CCCC(C)C2)CCCC(C)C1. The number of hydrogen-bond acceptors (Lipinski definition) is 2. The van der Waals surface area contributed by atoms with Crippen LogP contribution in [-0.4, -0.2) is 18.8 Å². The van der Waals surface area contributed by atoms with Crippen molar-refractivity contribution in [2.45, 2.75) is 76.9 Å². The first-order valence-electron chi connectivity index (χ1n) is 7.88. The lowest BCUT2D eigenvalue weighted by Gasteiger charge is -2.47. The van der Waals surface area contributed by atoms with Gasteiger partial charge in [0, 0.05) is 13.2 Å². The quantitative estimate of drug-likeness (QED) is 0.831. The molecule has 0 radical (unpaired) electrons. The molecule has 0 aliphatic heterocycles. The highest BCUT2D eigenvalue weighted by Crippen LogP contribution is 2.42. The van der Waals surface area contributed by atoms with Crippen LogP contribution in [0.1, 0.15) is 65.2 Å². The van der Waals surface area contributed by atoms with E-state index in [4.69, 9.17) is 10.5 Å². The van der Waals surface area contributed by atoms with Crippen LogP contribution in [0, 0.1) is 17.8 Å². The summed E-state index contributed by atoms with van der Waals surface area (Å²) in [7, 11) is 1.88. The smallest absolute Gasteiger partial charge is 0.0834 e. The van der Waals surface area contributed by atoms with Crippen LogP contribution in [0.4, 0.5) is 0 Å². The van der Waals surface area contributed by atoms with E-state index in [1.165, 1.54) is 44.9 Å². The minimum Gasteiger partial charge on any atom is -0.377 e. The summed E-state index contributed by atoms with van der Waals surface area (Å²) in [6.45, 7) is 4.73. The van der Waals surface area contributed by atoms with Crippen LogP contribution in [0.15, 0.2) is 0 Å². The van der Waals surface area contributed by atoms with Gasteiger partial charge in [-0.25, -0.2) is 0 Å². The number of hydrogen-bond donors (Lipinski definition) is 1. The maximum absolute atomic E-state index is 6.67. The summed E-state index contributed by atoms with van der Waals surface area (Å²) in [4.78, 5) is 0. The lowest BCUT2D eigenvalue weighted by Crippen LogP contribution is -2.56. The van der Waals surface area contributed by atoms with Gasteiger partial charge in [-0.3, -0.25) is 0 Å². The Bertz CT molecular complexity index is 268. The third kappa shape index (κ3) is 2.91. The lowest BCUT2D eigenvalue weighted by atomic mass is 9.67. The van der Waals surface area contributed by atoms with E-state index in [1.54, 1.807) is 0 Å². The average molecular weight is 253 g/mol. The molecule has 0 aromatic carbocycles. The number of nitrogens with two attached hydrogens (primary N) is 1. The molecule has 0 aromatic rings. The molecule has 106 valence electrons. The minimum absolute atomic E-state index is 0.0284. The van der Waals surface area contributed by atoms with Crippen molar-refractivity contribution in [3.05, 3.63) is 0 Å². The Morgan fingerprint density at radius 3 is 2.44 bits per heavy atom. The van der Waals surface area contributed by atoms with Crippen molar-refractivity contribution in [2.24, 2.45) is 23.5 Å². The number of rotatable bonds is 3. The van der Waals surface area contributed by atoms with Crippen molar-refractivity contribution in [1.29, 1.82) is 0 Å². The summed E-state index contributed by atoms with van der Waals surface area (Å²) in [5.41, 5.74) is 6.64. The summed E-state index contributed by atoms with van der Waals surface area (Å²) < 4.78 is 5.97. The van der Waals surface area contributed by atoms with Crippen molar-refractivity contribution in [3.8, 4) is 0 Å². The normalized spacial score (nSPS) is 43.7. The van der Waals surface area contributed by atoms with Crippen LogP contribution in [0.25, 0.3) is 0 Å². The second kappa shape index (κ2) is 5.92. The molecule has 18 heavy (non-hydrogen) atoms. The van der Waals surface area contributed by atoms with Crippen molar-refractivity contribution < 1.29 is 4.74 Å². The molecule has 2 heteroatoms. The zero-order chi connectivity index (χ0) is 13.2. The molecule has 0 saturated heterocycles. The molecule has 5 unspecified atom stereocenters. The van der Waals surface area contributed by atoms with Crippen LogP contribution >= 0.6 is 0 Å². The fraction of sp³-hybridized carbons (Fsp3) is 1.00. The van der Waals surface area contributed by atoms with E-state index in [-0.39, 0.29) is 11.6 Å². The molecule has 2 N–H and O–H groups in total. The van der Waals surface area contributed by atoms with Gasteiger partial charge in [0.05, 0.1) is 5.60 Å². The van der Waals surface area contributed by atoms with Gasteiger partial charge in [-0.15, -0.1) is 0 Å². The van der Waals surface area contributed by atoms with Crippen LogP contribution in [-0.2, 0) is 4.74 Å². The zero-order valence-corrected chi connectivity index (χ0v) is 12.5. The monoisotopic (exact) mass is 253 g/mol. The summed E-state index contributed by atoms with van der Waals surface area (Å²) in [5.74, 6) is 2.30. The Kier molecular flexibility index (Phi) is 4.71. The summed E-state index contributed by atoms with van der Waals surface area (Å²) >= 11 is 0. The Morgan fingerprint density at radius 1 is 1.11 bits per heavy atom. The van der Waals surface area contributed by atoms with E-state index < -0.39 is 0 Å². The van der Waals surface area contributed by atoms with Gasteiger partial charge in [0.2, 0.25) is 0 Å².